The first-order valence-corrected chi connectivity index (χ1v) is 13.8. The number of aromatic hydroxyl groups is 2. The van der Waals surface area contributed by atoms with Gasteiger partial charge in [-0.25, -0.2) is 0 Å². The van der Waals surface area contributed by atoms with Gasteiger partial charge in [0, 0.05) is 35.2 Å². The van der Waals surface area contributed by atoms with E-state index in [-0.39, 0.29) is 31.2 Å². The lowest BCUT2D eigenvalue weighted by Crippen LogP contribution is -2.33. The van der Waals surface area contributed by atoms with Crippen molar-refractivity contribution in [2.24, 2.45) is 0 Å². The molecule has 206 valence electrons. The molecule has 5 aromatic rings. The summed E-state index contributed by atoms with van der Waals surface area (Å²) in [6.07, 6.45) is 1.13. The predicted molar refractivity (Wildman–Crippen MR) is 154 cm³/mol. The van der Waals surface area contributed by atoms with Crippen LogP contribution in [0.3, 0.4) is 0 Å². The average molecular weight is 588 g/mol. The molecule has 0 unspecified atom stereocenters. The van der Waals surface area contributed by atoms with Gasteiger partial charge in [-0.2, -0.15) is 5.26 Å². The number of halogens is 2. The van der Waals surface area contributed by atoms with E-state index in [0.29, 0.717) is 59.8 Å². The highest BCUT2D eigenvalue weighted by atomic mass is 35.5. The molecule has 2 aliphatic rings. The number of aliphatic hydroxyl groups excluding tert-OH is 1. The van der Waals surface area contributed by atoms with Gasteiger partial charge in [-0.15, -0.1) is 0 Å². The van der Waals surface area contributed by atoms with Gasteiger partial charge in [-0.05, 0) is 37.3 Å². The quantitative estimate of drug-likeness (QED) is 0.216. The van der Waals surface area contributed by atoms with E-state index in [1.165, 1.54) is 4.57 Å². The van der Waals surface area contributed by atoms with E-state index in [9.17, 15) is 20.6 Å². The highest BCUT2D eigenvalue weighted by Gasteiger charge is 2.66. The van der Waals surface area contributed by atoms with Crippen LogP contribution in [0.4, 0.5) is 0 Å². The summed E-state index contributed by atoms with van der Waals surface area (Å²) >= 11 is 12.8. The molecule has 7 rings (SSSR count). The first-order chi connectivity index (χ1) is 19.7. The fraction of sp³-hybridized carbons (Fsp3) is 0.226. The Hall–Kier alpha value is -4.00. The number of hydrogen-bond acceptors (Lipinski definition) is 7. The van der Waals surface area contributed by atoms with Crippen LogP contribution < -0.4 is 4.74 Å². The Bertz CT molecular complexity index is 1950. The summed E-state index contributed by atoms with van der Waals surface area (Å²) in [7, 11) is 0. The second-order valence-corrected chi connectivity index (χ2v) is 11.4. The van der Waals surface area contributed by atoms with Gasteiger partial charge in [-0.1, -0.05) is 47.5 Å². The van der Waals surface area contributed by atoms with Gasteiger partial charge >= 0.3 is 0 Å². The van der Waals surface area contributed by atoms with E-state index in [1.54, 1.807) is 37.4 Å². The highest BCUT2D eigenvalue weighted by Crippen LogP contribution is 2.65. The predicted octanol–water partition coefficient (Wildman–Crippen LogP) is 6.44. The van der Waals surface area contributed by atoms with Crippen LogP contribution in [-0.4, -0.2) is 37.6 Å². The van der Waals surface area contributed by atoms with Crippen LogP contribution in [0.2, 0.25) is 10.0 Å². The molecule has 3 atom stereocenters. The Labute approximate surface area is 244 Å². The molecule has 0 aliphatic carbocycles. The maximum absolute atomic E-state index is 11.7. The van der Waals surface area contributed by atoms with Gasteiger partial charge in [0.15, 0.2) is 5.75 Å². The molecule has 1 saturated heterocycles. The smallest absolute Gasteiger partial charge is 0.205 e. The second-order valence-electron chi connectivity index (χ2n) is 10.6. The van der Waals surface area contributed by atoms with Crippen molar-refractivity contribution in [1.29, 1.82) is 5.26 Å². The fourth-order valence-electron chi connectivity index (χ4n) is 6.53. The molecule has 3 N–H and O–H groups in total. The van der Waals surface area contributed by atoms with Crippen molar-refractivity contribution in [2.75, 3.05) is 6.61 Å². The van der Waals surface area contributed by atoms with Crippen LogP contribution >= 0.6 is 23.2 Å². The summed E-state index contributed by atoms with van der Waals surface area (Å²) in [6, 6.07) is 18.0. The van der Waals surface area contributed by atoms with Crippen molar-refractivity contribution in [1.82, 2.24) is 9.55 Å². The van der Waals surface area contributed by atoms with E-state index in [0.717, 1.165) is 0 Å². The van der Waals surface area contributed by atoms with Gasteiger partial charge in [0.2, 0.25) is 11.8 Å². The summed E-state index contributed by atoms with van der Waals surface area (Å²) in [5.74, 6) is -0.0525. The van der Waals surface area contributed by atoms with Crippen LogP contribution in [0.1, 0.15) is 36.5 Å². The number of rotatable bonds is 5. The number of nitrogens with zero attached hydrogens (tertiary/aromatic N) is 3. The molecule has 0 radical (unpaired) electrons. The summed E-state index contributed by atoms with van der Waals surface area (Å²) < 4.78 is 13.9. The van der Waals surface area contributed by atoms with Crippen molar-refractivity contribution in [3.05, 3.63) is 87.5 Å². The number of nitriles is 1. The number of benzene rings is 3. The summed E-state index contributed by atoms with van der Waals surface area (Å²) in [4.78, 5) is 4.40. The van der Waals surface area contributed by atoms with Crippen LogP contribution in [0, 0.1) is 11.3 Å². The van der Waals surface area contributed by atoms with Crippen molar-refractivity contribution in [3.8, 4) is 29.3 Å². The molecule has 0 amide bonds. The zero-order chi connectivity index (χ0) is 28.7. The molecule has 4 heterocycles. The normalized spacial score (nSPS) is 22.8. The molecule has 0 saturated carbocycles. The van der Waals surface area contributed by atoms with Crippen LogP contribution in [0.5, 0.6) is 17.5 Å². The highest BCUT2D eigenvalue weighted by molar-refractivity contribution is 6.39. The third kappa shape index (κ3) is 3.50. The molecular formula is C31H23Cl2N3O5. The lowest BCUT2D eigenvalue weighted by molar-refractivity contribution is -0.107. The Balaban J connectivity index is 1.31. The molecule has 2 bridgehead atoms. The number of aromatic nitrogens is 2. The monoisotopic (exact) mass is 587 g/mol. The molecule has 3 aromatic carbocycles. The average Bonchev–Trinajstić information content (AvgIpc) is 3.50. The topological polar surface area (TPSA) is 121 Å². The van der Waals surface area contributed by atoms with Crippen molar-refractivity contribution < 1.29 is 24.8 Å². The molecule has 2 aromatic heterocycles. The number of pyridine rings is 1. The van der Waals surface area contributed by atoms with Gasteiger partial charge in [0.05, 0.1) is 51.2 Å². The van der Waals surface area contributed by atoms with E-state index in [2.05, 4.69) is 11.1 Å². The maximum atomic E-state index is 11.7. The Morgan fingerprint density at radius 3 is 2.56 bits per heavy atom. The zero-order valence-corrected chi connectivity index (χ0v) is 23.2. The lowest BCUT2D eigenvalue weighted by Gasteiger charge is -2.27. The van der Waals surface area contributed by atoms with Gasteiger partial charge in [0.1, 0.15) is 16.7 Å². The van der Waals surface area contributed by atoms with Crippen molar-refractivity contribution in [2.45, 2.75) is 37.1 Å². The molecule has 10 heteroatoms. The SMILES string of the molecule is C[C@]12O[C@](CCOc3c(Cl)cc(Cl)c4cccnc34)(C[C@@H]1O)c1c2c(O)n(-c2ccc(C#N)c3ccccc23)c1O. The molecule has 41 heavy (non-hydrogen) atoms. The first kappa shape index (κ1) is 25.9. The van der Waals surface area contributed by atoms with Crippen molar-refractivity contribution >= 4 is 44.9 Å². The van der Waals surface area contributed by atoms with Gasteiger partial charge < -0.3 is 24.8 Å². The van der Waals surface area contributed by atoms with E-state index < -0.39 is 17.3 Å². The lowest BCUT2D eigenvalue weighted by atomic mass is 9.76. The van der Waals surface area contributed by atoms with E-state index in [4.69, 9.17) is 32.7 Å². The first-order valence-electron chi connectivity index (χ1n) is 13.0. The maximum Gasteiger partial charge on any atom is 0.205 e. The second kappa shape index (κ2) is 9.00. The van der Waals surface area contributed by atoms with Gasteiger partial charge in [0.25, 0.3) is 0 Å². The summed E-state index contributed by atoms with van der Waals surface area (Å²) in [5, 5.41) is 46.8. The molecule has 2 aliphatic heterocycles. The summed E-state index contributed by atoms with van der Waals surface area (Å²) in [6.45, 7) is 1.82. The minimum Gasteiger partial charge on any atom is -0.494 e. The molecule has 1 fully saturated rings. The van der Waals surface area contributed by atoms with Crippen LogP contribution in [0.15, 0.2) is 60.8 Å². The van der Waals surface area contributed by atoms with E-state index >= 15 is 0 Å². The zero-order valence-electron chi connectivity index (χ0n) is 21.7. The largest absolute Gasteiger partial charge is 0.494 e. The number of hydrogen-bond donors (Lipinski definition) is 3. The fourth-order valence-corrected chi connectivity index (χ4v) is 7.10. The molecular weight excluding hydrogens is 565 g/mol. The molecule has 0 spiro atoms. The van der Waals surface area contributed by atoms with Crippen LogP contribution in [-0.2, 0) is 15.9 Å². The summed E-state index contributed by atoms with van der Waals surface area (Å²) in [5.41, 5.74) is -0.156. The van der Waals surface area contributed by atoms with Crippen molar-refractivity contribution in [3.63, 3.8) is 0 Å². The Morgan fingerprint density at radius 2 is 1.78 bits per heavy atom. The van der Waals surface area contributed by atoms with Gasteiger partial charge in [-0.3, -0.25) is 9.55 Å². The standard InChI is InChI=1S/C31H23Cl2N3O5/c1-30-23(37)14-31(41-30,10-12-40-27-21(33)13-20(32)19-7-4-11-35-26(19)27)25-24(30)28(38)36(29(25)39)22-9-8-16(15-34)17-5-2-3-6-18(17)22/h2-9,11,13,23,37-39H,10,12,14H2,1H3/t23-,30-,31+/m0/s1. The number of ether oxygens (including phenoxy) is 2. The third-order valence-electron chi connectivity index (χ3n) is 8.40. The minimum absolute atomic E-state index is 0.112. The molecule has 8 nitrogen and oxygen atoms in total. The number of fused-ring (bicyclic) bond motifs is 7. The number of aliphatic hydroxyl groups is 1. The van der Waals surface area contributed by atoms with Crippen LogP contribution in [0.25, 0.3) is 27.4 Å². The minimum atomic E-state index is -1.25. The Morgan fingerprint density at radius 1 is 1.05 bits per heavy atom. The Kier molecular flexibility index (Phi) is 5.69. The third-order valence-corrected chi connectivity index (χ3v) is 9.00. The van der Waals surface area contributed by atoms with E-state index in [1.807, 2.05) is 30.3 Å².